The number of aromatic nitrogens is 2. The number of furan rings is 1. The molecule has 5 heteroatoms. The standard InChI is InChI=1S/C16H15N3O2/c20-16(15-6-3-9-21-15)18-8-7-12(10-18)19-11-17-13-4-1-2-5-14(13)19/h1-6,9,11-12H,7-8,10H2/t12-/m0/s1. The van der Waals surface area contributed by atoms with Crippen molar-refractivity contribution in [2.24, 2.45) is 0 Å². The first-order valence-corrected chi connectivity index (χ1v) is 7.07. The molecular weight excluding hydrogens is 266 g/mol. The third-order valence-electron chi connectivity index (χ3n) is 4.06. The number of benzene rings is 1. The Balaban J connectivity index is 1.58. The van der Waals surface area contributed by atoms with Crippen molar-refractivity contribution in [1.82, 2.24) is 14.5 Å². The molecule has 21 heavy (non-hydrogen) atoms. The number of hydrogen-bond acceptors (Lipinski definition) is 3. The molecule has 4 rings (SSSR count). The van der Waals surface area contributed by atoms with Gasteiger partial charge in [-0.25, -0.2) is 4.98 Å². The summed E-state index contributed by atoms with van der Waals surface area (Å²) in [7, 11) is 0. The lowest BCUT2D eigenvalue weighted by molar-refractivity contribution is 0.0756. The number of fused-ring (bicyclic) bond motifs is 1. The van der Waals surface area contributed by atoms with Crippen molar-refractivity contribution in [3.63, 3.8) is 0 Å². The smallest absolute Gasteiger partial charge is 0.289 e. The summed E-state index contributed by atoms with van der Waals surface area (Å²) < 4.78 is 7.36. The molecule has 0 aliphatic carbocycles. The second-order valence-electron chi connectivity index (χ2n) is 5.31. The van der Waals surface area contributed by atoms with Crippen LogP contribution >= 0.6 is 0 Å². The van der Waals surface area contributed by atoms with Crippen molar-refractivity contribution in [3.05, 3.63) is 54.7 Å². The molecule has 1 aliphatic rings. The van der Waals surface area contributed by atoms with E-state index in [0.29, 0.717) is 12.3 Å². The largest absolute Gasteiger partial charge is 0.459 e. The number of hydrogen-bond donors (Lipinski definition) is 0. The number of nitrogens with zero attached hydrogens (tertiary/aromatic N) is 3. The molecule has 1 aromatic carbocycles. The Bertz CT molecular complexity index is 776. The number of para-hydroxylation sites is 2. The fourth-order valence-electron chi connectivity index (χ4n) is 2.98. The van der Waals surface area contributed by atoms with E-state index in [9.17, 15) is 4.79 Å². The van der Waals surface area contributed by atoms with Gasteiger partial charge in [0.1, 0.15) is 0 Å². The summed E-state index contributed by atoms with van der Waals surface area (Å²) in [5.74, 6) is 0.373. The SMILES string of the molecule is O=C(c1ccco1)N1CC[C@H](n2cnc3ccccc32)C1. The zero-order valence-electron chi connectivity index (χ0n) is 11.5. The fraction of sp³-hybridized carbons (Fsp3) is 0.250. The van der Waals surface area contributed by atoms with Crippen LogP contribution in [0.25, 0.3) is 11.0 Å². The molecule has 0 radical (unpaired) electrons. The topological polar surface area (TPSA) is 51.3 Å². The molecule has 2 aromatic heterocycles. The summed E-state index contributed by atoms with van der Waals surface area (Å²) in [4.78, 5) is 18.6. The maximum atomic E-state index is 12.3. The Morgan fingerprint density at radius 3 is 3.00 bits per heavy atom. The van der Waals surface area contributed by atoms with Gasteiger partial charge >= 0.3 is 0 Å². The molecule has 0 saturated carbocycles. The molecule has 1 aliphatic heterocycles. The summed E-state index contributed by atoms with van der Waals surface area (Å²) in [5.41, 5.74) is 2.11. The Kier molecular flexibility index (Phi) is 2.77. The van der Waals surface area contributed by atoms with E-state index in [1.54, 1.807) is 12.1 Å². The lowest BCUT2D eigenvalue weighted by Crippen LogP contribution is -2.28. The summed E-state index contributed by atoms with van der Waals surface area (Å²) in [6.45, 7) is 1.44. The quantitative estimate of drug-likeness (QED) is 0.725. The monoisotopic (exact) mass is 281 g/mol. The molecule has 0 unspecified atom stereocenters. The zero-order chi connectivity index (χ0) is 14.2. The maximum absolute atomic E-state index is 12.3. The second-order valence-corrected chi connectivity index (χ2v) is 5.31. The number of carbonyl (C=O) groups excluding carboxylic acids is 1. The minimum atomic E-state index is -0.0353. The van der Waals surface area contributed by atoms with Gasteiger partial charge in [0.2, 0.25) is 0 Å². The van der Waals surface area contributed by atoms with E-state index in [1.165, 1.54) is 6.26 Å². The van der Waals surface area contributed by atoms with Gasteiger partial charge in [0.15, 0.2) is 5.76 Å². The Morgan fingerprint density at radius 2 is 2.14 bits per heavy atom. The van der Waals surface area contributed by atoms with Gasteiger partial charge in [0.05, 0.1) is 29.7 Å². The van der Waals surface area contributed by atoms with Crippen molar-refractivity contribution >= 4 is 16.9 Å². The van der Waals surface area contributed by atoms with Crippen LogP contribution in [-0.2, 0) is 0 Å². The van der Waals surface area contributed by atoms with Crippen molar-refractivity contribution < 1.29 is 9.21 Å². The molecule has 3 aromatic rings. The van der Waals surface area contributed by atoms with Gasteiger partial charge in [0.25, 0.3) is 5.91 Å². The average molecular weight is 281 g/mol. The van der Waals surface area contributed by atoms with Gasteiger partial charge in [-0.05, 0) is 30.7 Å². The molecule has 1 amide bonds. The molecule has 0 N–H and O–H groups in total. The van der Waals surface area contributed by atoms with E-state index in [1.807, 2.05) is 29.4 Å². The van der Waals surface area contributed by atoms with Crippen LogP contribution in [0.2, 0.25) is 0 Å². The van der Waals surface area contributed by atoms with Gasteiger partial charge < -0.3 is 13.9 Å². The first-order valence-electron chi connectivity index (χ1n) is 7.07. The second kappa shape index (κ2) is 4.77. The van der Waals surface area contributed by atoms with Crippen LogP contribution in [-0.4, -0.2) is 33.4 Å². The Hall–Kier alpha value is -2.56. The molecule has 0 spiro atoms. The van der Waals surface area contributed by atoms with Gasteiger partial charge in [-0.3, -0.25) is 4.79 Å². The van der Waals surface area contributed by atoms with Crippen molar-refractivity contribution in [3.8, 4) is 0 Å². The number of likely N-dealkylation sites (tertiary alicyclic amines) is 1. The van der Waals surface area contributed by atoms with Gasteiger partial charge in [-0.15, -0.1) is 0 Å². The molecule has 1 fully saturated rings. The molecule has 106 valence electrons. The van der Waals surface area contributed by atoms with Gasteiger partial charge in [0, 0.05) is 13.1 Å². The minimum absolute atomic E-state index is 0.0353. The highest BCUT2D eigenvalue weighted by Crippen LogP contribution is 2.26. The summed E-state index contributed by atoms with van der Waals surface area (Å²) in [6.07, 6.45) is 4.34. The lowest BCUT2D eigenvalue weighted by atomic mass is 10.2. The van der Waals surface area contributed by atoms with Gasteiger partial charge in [-0.1, -0.05) is 12.1 Å². The van der Waals surface area contributed by atoms with Crippen molar-refractivity contribution in [1.29, 1.82) is 0 Å². The Morgan fingerprint density at radius 1 is 1.24 bits per heavy atom. The van der Waals surface area contributed by atoms with E-state index in [-0.39, 0.29) is 11.9 Å². The van der Waals surface area contributed by atoms with Crippen molar-refractivity contribution in [2.75, 3.05) is 13.1 Å². The molecule has 1 atom stereocenters. The predicted octanol–water partition coefficient (Wildman–Crippen LogP) is 2.72. The first-order chi connectivity index (χ1) is 10.3. The van der Waals surface area contributed by atoms with Crippen LogP contribution in [0, 0.1) is 0 Å². The zero-order valence-corrected chi connectivity index (χ0v) is 11.5. The van der Waals surface area contributed by atoms with E-state index in [4.69, 9.17) is 4.42 Å². The normalized spacial score (nSPS) is 18.5. The van der Waals surface area contributed by atoms with Crippen LogP contribution in [0.3, 0.4) is 0 Å². The molecule has 0 bridgehead atoms. The number of carbonyl (C=O) groups is 1. The number of rotatable bonds is 2. The summed E-state index contributed by atoms with van der Waals surface area (Å²) >= 11 is 0. The molecule has 3 heterocycles. The highest BCUT2D eigenvalue weighted by atomic mass is 16.3. The number of amides is 1. The fourth-order valence-corrected chi connectivity index (χ4v) is 2.98. The molecule has 5 nitrogen and oxygen atoms in total. The molecular formula is C16H15N3O2. The van der Waals surface area contributed by atoms with Crippen LogP contribution < -0.4 is 0 Å². The molecule has 1 saturated heterocycles. The summed E-state index contributed by atoms with van der Waals surface area (Å²) in [6, 6.07) is 11.8. The Labute approximate surface area is 121 Å². The average Bonchev–Trinajstić information content (AvgIpc) is 3.25. The minimum Gasteiger partial charge on any atom is -0.459 e. The highest BCUT2D eigenvalue weighted by molar-refractivity contribution is 5.91. The van der Waals surface area contributed by atoms with Crippen molar-refractivity contribution in [2.45, 2.75) is 12.5 Å². The van der Waals surface area contributed by atoms with E-state index in [0.717, 1.165) is 24.0 Å². The lowest BCUT2D eigenvalue weighted by Gasteiger charge is -2.16. The maximum Gasteiger partial charge on any atom is 0.289 e. The highest BCUT2D eigenvalue weighted by Gasteiger charge is 2.29. The van der Waals surface area contributed by atoms with E-state index in [2.05, 4.69) is 15.6 Å². The first kappa shape index (κ1) is 12.2. The third-order valence-corrected chi connectivity index (χ3v) is 4.06. The predicted molar refractivity (Wildman–Crippen MR) is 78.0 cm³/mol. The number of imidazole rings is 1. The van der Waals surface area contributed by atoms with Crippen LogP contribution in [0.4, 0.5) is 0 Å². The van der Waals surface area contributed by atoms with Crippen LogP contribution in [0.15, 0.2) is 53.4 Å². The van der Waals surface area contributed by atoms with Gasteiger partial charge in [-0.2, -0.15) is 0 Å². The van der Waals surface area contributed by atoms with E-state index < -0.39 is 0 Å². The van der Waals surface area contributed by atoms with E-state index >= 15 is 0 Å². The third kappa shape index (κ3) is 2.01. The van der Waals surface area contributed by atoms with Crippen LogP contribution in [0.5, 0.6) is 0 Å². The van der Waals surface area contributed by atoms with Crippen LogP contribution in [0.1, 0.15) is 23.0 Å². The summed E-state index contributed by atoms with van der Waals surface area (Å²) in [5, 5.41) is 0.